The number of aryl methyl sites for hydroxylation is 1. The number of halogens is 1. The van der Waals surface area contributed by atoms with Gasteiger partial charge in [0.15, 0.2) is 6.61 Å². The van der Waals surface area contributed by atoms with Crippen molar-refractivity contribution in [1.29, 1.82) is 0 Å². The first-order valence-corrected chi connectivity index (χ1v) is 10.8. The van der Waals surface area contributed by atoms with E-state index in [0.29, 0.717) is 11.3 Å². The quantitative estimate of drug-likeness (QED) is 0.440. The highest BCUT2D eigenvalue weighted by Crippen LogP contribution is 2.23. The summed E-state index contributed by atoms with van der Waals surface area (Å²) in [6.07, 6.45) is -0.107. The zero-order valence-electron chi connectivity index (χ0n) is 17.5. The number of carbonyl (C=O) groups excluding carboxylic acids is 3. The second kappa shape index (κ2) is 11.2. The van der Waals surface area contributed by atoms with Gasteiger partial charge in [0.1, 0.15) is 0 Å². The first-order chi connectivity index (χ1) is 15.4. The Morgan fingerprint density at radius 1 is 0.938 bits per heavy atom. The zero-order chi connectivity index (χ0) is 22.9. The Hall–Kier alpha value is -3.45. The Morgan fingerprint density at radius 2 is 1.59 bits per heavy atom. The molecule has 32 heavy (non-hydrogen) atoms. The predicted octanol–water partition coefficient (Wildman–Crippen LogP) is 4.80. The van der Waals surface area contributed by atoms with Crippen LogP contribution in [0.4, 0.5) is 5.69 Å². The number of rotatable bonds is 8. The maximum atomic E-state index is 12.6. The first-order valence-electron chi connectivity index (χ1n) is 10.0. The minimum atomic E-state index is -0.592. The number of ether oxygens (including phenoxy) is 1. The van der Waals surface area contributed by atoms with E-state index in [2.05, 4.69) is 26.6 Å². The van der Waals surface area contributed by atoms with E-state index >= 15 is 0 Å². The lowest BCUT2D eigenvalue weighted by Crippen LogP contribution is -2.31. The van der Waals surface area contributed by atoms with Crippen molar-refractivity contribution < 1.29 is 19.1 Å². The van der Waals surface area contributed by atoms with Crippen molar-refractivity contribution in [1.82, 2.24) is 5.32 Å². The molecule has 0 heterocycles. The highest BCUT2D eigenvalue weighted by molar-refractivity contribution is 9.10. The molecule has 3 rings (SSSR count). The molecule has 0 aliphatic rings. The summed E-state index contributed by atoms with van der Waals surface area (Å²) in [6.45, 7) is 1.52. The van der Waals surface area contributed by atoms with Gasteiger partial charge in [-0.3, -0.25) is 14.4 Å². The van der Waals surface area contributed by atoms with Crippen LogP contribution in [-0.2, 0) is 14.3 Å². The van der Waals surface area contributed by atoms with E-state index in [1.807, 2.05) is 55.5 Å². The van der Waals surface area contributed by atoms with Gasteiger partial charge >= 0.3 is 5.97 Å². The molecule has 0 radical (unpaired) electrons. The van der Waals surface area contributed by atoms with Gasteiger partial charge in [-0.2, -0.15) is 0 Å². The number of hydrogen-bond donors (Lipinski definition) is 2. The minimum absolute atomic E-state index is 0.107. The number of amides is 2. The monoisotopic (exact) mass is 494 g/mol. The highest BCUT2D eigenvalue weighted by Gasteiger charge is 2.21. The van der Waals surface area contributed by atoms with Crippen LogP contribution in [-0.4, -0.2) is 24.4 Å². The molecule has 3 aromatic carbocycles. The summed E-state index contributed by atoms with van der Waals surface area (Å²) in [5.41, 5.74) is 2.89. The van der Waals surface area contributed by atoms with Gasteiger partial charge in [-0.05, 0) is 58.2 Å². The standard InChI is InChI=1S/C25H23BrN2O4/c1-17-12-13-21(20(26)14-17)27-23(29)16-32-24(30)15-22(18-8-4-2-5-9-18)28-25(31)19-10-6-3-7-11-19/h2-14,22H,15-16H2,1H3,(H,27,29)(H,28,31). The minimum Gasteiger partial charge on any atom is -0.455 e. The van der Waals surface area contributed by atoms with Crippen LogP contribution in [0, 0.1) is 6.92 Å². The van der Waals surface area contributed by atoms with Crippen LogP contribution in [0.1, 0.15) is 33.9 Å². The zero-order valence-corrected chi connectivity index (χ0v) is 19.1. The van der Waals surface area contributed by atoms with Crippen LogP contribution in [0.2, 0.25) is 0 Å². The van der Waals surface area contributed by atoms with Crippen molar-refractivity contribution >= 4 is 39.4 Å². The van der Waals surface area contributed by atoms with Gasteiger partial charge in [-0.15, -0.1) is 0 Å². The molecule has 1 atom stereocenters. The number of hydrogen-bond acceptors (Lipinski definition) is 4. The molecule has 0 saturated carbocycles. The van der Waals surface area contributed by atoms with Crippen molar-refractivity contribution in [2.45, 2.75) is 19.4 Å². The van der Waals surface area contributed by atoms with Gasteiger partial charge in [0.2, 0.25) is 0 Å². The summed E-state index contributed by atoms with van der Waals surface area (Å²) < 4.78 is 5.90. The van der Waals surface area contributed by atoms with E-state index in [1.54, 1.807) is 30.3 Å². The highest BCUT2D eigenvalue weighted by atomic mass is 79.9. The van der Waals surface area contributed by atoms with E-state index in [-0.39, 0.29) is 12.3 Å². The Bertz CT molecular complexity index is 1090. The molecule has 7 heteroatoms. The van der Waals surface area contributed by atoms with Crippen LogP contribution in [0.5, 0.6) is 0 Å². The molecule has 0 fully saturated rings. The molecule has 2 N–H and O–H groups in total. The molecule has 2 amide bonds. The number of carbonyl (C=O) groups is 3. The summed E-state index contributed by atoms with van der Waals surface area (Å²) >= 11 is 3.39. The van der Waals surface area contributed by atoms with Crippen LogP contribution >= 0.6 is 15.9 Å². The molecule has 3 aromatic rings. The Labute approximate surface area is 195 Å². The second-order valence-electron chi connectivity index (χ2n) is 7.20. The van der Waals surface area contributed by atoms with Gasteiger partial charge in [0, 0.05) is 10.0 Å². The van der Waals surface area contributed by atoms with Crippen LogP contribution in [0.15, 0.2) is 83.3 Å². The average molecular weight is 495 g/mol. The van der Waals surface area contributed by atoms with E-state index in [4.69, 9.17) is 4.74 Å². The molecule has 1 unspecified atom stereocenters. The molecular weight excluding hydrogens is 472 g/mol. The summed E-state index contributed by atoms with van der Waals surface area (Å²) in [6, 6.07) is 22.8. The molecule has 0 bridgehead atoms. The van der Waals surface area contributed by atoms with Gasteiger partial charge < -0.3 is 15.4 Å². The number of esters is 1. The van der Waals surface area contributed by atoms with Crippen molar-refractivity contribution in [3.63, 3.8) is 0 Å². The van der Waals surface area contributed by atoms with Crippen molar-refractivity contribution in [2.24, 2.45) is 0 Å². The average Bonchev–Trinajstić information content (AvgIpc) is 2.80. The third-order valence-corrected chi connectivity index (χ3v) is 5.33. The van der Waals surface area contributed by atoms with E-state index in [0.717, 1.165) is 15.6 Å². The van der Waals surface area contributed by atoms with Crippen molar-refractivity contribution in [2.75, 3.05) is 11.9 Å². The summed E-state index contributed by atoms with van der Waals surface area (Å²) in [7, 11) is 0. The summed E-state index contributed by atoms with van der Waals surface area (Å²) in [5.74, 6) is -1.34. The molecule has 164 valence electrons. The Balaban J connectivity index is 1.59. The van der Waals surface area contributed by atoms with Crippen molar-refractivity contribution in [3.05, 3.63) is 100 Å². The largest absolute Gasteiger partial charge is 0.455 e. The van der Waals surface area contributed by atoms with Crippen molar-refractivity contribution in [3.8, 4) is 0 Å². The van der Waals surface area contributed by atoms with Crippen LogP contribution in [0.25, 0.3) is 0 Å². The number of anilines is 1. The molecule has 0 aliphatic carbocycles. The van der Waals surface area contributed by atoms with Gasteiger partial charge in [0.25, 0.3) is 11.8 Å². The molecule has 0 aromatic heterocycles. The second-order valence-corrected chi connectivity index (χ2v) is 8.05. The first kappa shape index (κ1) is 23.2. The number of benzene rings is 3. The smallest absolute Gasteiger partial charge is 0.308 e. The van der Waals surface area contributed by atoms with Gasteiger partial charge in [-0.25, -0.2) is 0 Å². The fourth-order valence-corrected chi connectivity index (χ4v) is 3.64. The maximum absolute atomic E-state index is 12.6. The Kier molecular flexibility index (Phi) is 8.16. The fourth-order valence-electron chi connectivity index (χ4n) is 3.05. The maximum Gasteiger partial charge on any atom is 0.308 e. The molecule has 6 nitrogen and oxygen atoms in total. The molecule has 0 saturated heterocycles. The Morgan fingerprint density at radius 3 is 2.25 bits per heavy atom. The van der Waals surface area contributed by atoms with Gasteiger partial charge in [0.05, 0.1) is 18.2 Å². The fraction of sp³-hybridized carbons (Fsp3) is 0.160. The summed E-state index contributed by atoms with van der Waals surface area (Å²) in [5, 5.41) is 5.57. The molecular formula is C25H23BrN2O4. The van der Waals surface area contributed by atoms with Crippen LogP contribution in [0.3, 0.4) is 0 Å². The third-order valence-electron chi connectivity index (χ3n) is 4.68. The normalized spacial score (nSPS) is 11.3. The van der Waals surface area contributed by atoms with E-state index in [9.17, 15) is 14.4 Å². The summed E-state index contributed by atoms with van der Waals surface area (Å²) in [4.78, 5) is 37.2. The molecule has 0 spiro atoms. The van der Waals surface area contributed by atoms with Gasteiger partial charge in [-0.1, -0.05) is 54.6 Å². The van der Waals surface area contributed by atoms with E-state index < -0.39 is 24.5 Å². The van der Waals surface area contributed by atoms with Crippen LogP contribution < -0.4 is 10.6 Å². The molecule has 0 aliphatic heterocycles. The lowest BCUT2D eigenvalue weighted by Gasteiger charge is -2.19. The lowest BCUT2D eigenvalue weighted by molar-refractivity contribution is -0.147. The number of nitrogens with one attached hydrogen (secondary N) is 2. The lowest BCUT2D eigenvalue weighted by atomic mass is 10.0. The SMILES string of the molecule is Cc1ccc(NC(=O)COC(=O)CC(NC(=O)c2ccccc2)c2ccccc2)c(Br)c1. The third kappa shape index (κ3) is 6.78. The predicted molar refractivity (Wildman–Crippen MR) is 126 cm³/mol. The topological polar surface area (TPSA) is 84.5 Å². The van der Waals surface area contributed by atoms with E-state index in [1.165, 1.54) is 0 Å².